The summed E-state index contributed by atoms with van der Waals surface area (Å²) in [6.45, 7) is -0.451. The highest BCUT2D eigenvalue weighted by atomic mass is 35.5. The van der Waals surface area contributed by atoms with E-state index in [0.717, 1.165) is 17.7 Å². The van der Waals surface area contributed by atoms with Gasteiger partial charge in [-0.3, -0.25) is 4.79 Å². The monoisotopic (exact) mass is 415 g/mol. The van der Waals surface area contributed by atoms with Crippen LogP contribution in [0.25, 0.3) is 0 Å². The van der Waals surface area contributed by atoms with Gasteiger partial charge in [0, 0.05) is 11.1 Å². The van der Waals surface area contributed by atoms with Gasteiger partial charge in [-0.05, 0) is 49.9 Å². The van der Waals surface area contributed by atoms with Crippen LogP contribution in [0.2, 0.25) is 5.02 Å². The number of halogens is 1. The fourth-order valence-corrected chi connectivity index (χ4v) is 4.16. The number of benzene rings is 1. The van der Waals surface area contributed by atoms with Crippen LogP contribution in [-0.4, -0.2) is 29.0 Å². The maximum Gasteiger partial charge on any atom is 0.341 e. The minimum absolute atomic E-state index is 0.246. The van der Waals surface area contributed by atoms with Gasteiger partial charge in [-0.25, -0.2) is 9.78 Å². The highest BCUT2D eigenvalue weighted by molar-refractivity contribution is 7.99. The third-order valence-electron chi connectivity index (χ3n) is 4.42. The van der Waals surface area contributed by atoms with Crippen molar-refractivity contribution in [3.8, 4) is 6.07 Å². The average Bonchev–Trinajstić information content (AvgIpc) is 3.17. The summed E-state index contributed by atoms with van der Waals surface area (Å²) < 4.78 is 5.15. The first-order valence-corrected chi connectivity index (χ1v) is 9.99. The number of rotatable bonds is 6. The molecule has 1 N–H and O–H groups in total. The zero-order chi connectivity index (χ0) is 20.0. The van der Waals surface area contributed by atoms with Crippen molar-refractivity contribution in [1.29, 1.82) is 5.26 Å². The molecule has 1 heterocycles. The molecule has 0 radical (unpaired) electrons. The van der Waals surface area contributed by atoms with Gasteiger partial charge >= 0.3 is 5.97 Å². The molecule has 0 unspecified atom stereocenters. The first-order chi connectivity index (χ1) is 13.5. The summed E-state index contributed by atoms with van der Waals surface area (Å²) in [5.41, 5.74) is -0.598. The molecule has 144 valence electrons. The molecule has 1 fully saturated rings. The van der Waals surface area contributed by atoms with Crippen LogP contribution in [0, 0.1) is 11.3 Å². The molecule has 1 aromatic carbocycles. The number of aromatic nitrogens is 1. The largest absolute Gasteiger partial charge is 0.452 e. The number of ether oxygens (including phenoxy) is 1. The van der Waals surface area contributed by atoms with Crippen molar-refractivity contribution >= 4 is 35.2 Å². The number of pyridine rings is 1. The maximum absolute atomic E-state index is 12.5. The van der Waals surface area contributed by atoms with E-state index in [1.807, 2.05) is 18.2 Å². The van der Waals surface area contributed by atoms with E-state index in [9.17, 15) is 14.9 Å². The van der Waals surface area contributed by atoms with Gasteiger partial charge in [0.25, 0.3) is 5.91 Å². The van der Waals surface area contributed by atoms with E-state index in [1.165, 1.54) is 11.8 Å². The van der Waals surface area contributed by atoms with Crippen molar-refractivity contribution in [3.63, 3.8) is 0 Å². The number of carbonyl (C=O) groups excluding carboxylic acids is 2. The van der Waals surface area contributed by atoms with Crippen LogP contribution in [0.4, 0.5) is 0 Å². The standard InChI is InChI=1S/C20H18ClN3O3S/c21-15-7-1-2-8-16(15)28-18-14(6-5-11-23-18)19(26)27-12-17(25)24-20(13-22)9-3-4-10-20/h1-2,5-8,11H,3-4,9-10,12H2,(H,24,25). The van der Waals surface area contributed by atoms with Crippen LogP contribution in [0.5, 0.6) is 0 Å². The number of amides is 1. The van der Waals surface area contributed by atoms with Crippen molar-refractivity contribution in [2.24, 2.45) is 0 Å². The van der Waals surface area contributed by atoms with E-state index in [1.54, 1.807) is 24.4 Å². The van der Waals surface area contributed by atoms with Gasteiger partial charge in [0.2, 0.25) is 0 Å². The molecule has 0 atom stereocenters. The molecule has 8 heteroatoms. The van der Waals surface area contributed by atoms with Crippen molar-refractivity contribution < 1.29 is 14.3 Å². The second-order valence-electron chi connectivity index (χ2n) is 6.41. The van der Waals surface area contributed by atoms with Crippen molar-refractivity contribution in [2.45, 2.75) is 41.1 Å². The average molecular weight is 416 g/mol. The molecule has 1 aromatic heterocycles. The van der Waals surface area contributed by atoms with Crippen LogP contribution < -0.4 is 5.32 Å². The molecular formula is C20H18ClN3O3S. The molecule has 1 aliphatic rings. The van der Waals surface area contributed by atoms with Gasteiger partial charge in [-0.1, -0.05) is 35.5 Å². The minimum atomic E-state index is -0.844. The predicted octanol–water partition coefficient (Wildman–Crippen LogP) is 4.00. The van der Waals surface area contributed by atoms with Gasteiger partial charge in [0.15, 0.2) is 6.61 Å². The van der Waals surface area contributed by atoms with Gasteiger partial charge in [0.1, 0.15) is 10.6 Å². The topological polar surface area (TPSA) is 92.1 Å². The Hall–Kier alpha value is -2.56. The van der Waals surface area contributed by atoms with Gasteiger partial charge in [-0.2, -0.15) is 5.26 Å². The van der Waals surface area contributed by atoms with Crippen LogP contribution >= 0.6 is 23.4 Å². The lowest BCUT2D eigenvalue weighted by molar-refractivity contribution is -0.125. The summed E-state index contributed by atoms with van der Waals surface area (Å²) in [5.74, 6) is -1.14. The summed E-state index contributed by atoms with van der Waals surface area (Å²) in [6, 6.07) is 12.6. The molecule has 2 aromatic rings. The third-order valence-corrected chi connectivity index (χ3v) is 5.95. The Morgan fingerprint density at radius 3 is 2.71 bits per heavy atom. The van der Waals surface area contributed by atoms with Crippen LogP contribution in [-0.2, 0) is 9.53 Å². The summed E-state index contributed by atoms with van der Waals surface area (Å²) in [5, 5.41) is 13.0. The van der Waals surface area contributed by atoms with Crippen molar-refractivity contribution in [3.05, 3.63) is 53.2 Å². The third kappa shape index (κ3) is 4.83. The second-order valence-corrected chi connectivity index (χ2v) is 7.85. The number of carbonyl (C=O) groups is 2. The lowest BCUT2D eigenvalue weighted by Crippen LogP contribution is -2.46. The Labute approximate surface area is 172 Å². The molecule has 28 heavy (non-hydrogen) atoms. The molecule has 1 saturated carbocycles. The lowest BCUT2D eigenvalue weighted by Gasteiger charge is -2.21. The number of nitrogens with one attached hydrogen (secondary N) is 1. The molecule has 1 amide bonds. The Kier molecular flexibility index (Phi) is 6.55. The highest BCUT2D eigenvalue weighted by Gasteiger charge is 2.35. The van der Waals surface area contributed by atoms with Crippen molar-refractivity contribution in [2.75, 3.05) is 6.61 Å². The van der Waals surface area contributed by atoms with E-state index in [2.05, 4.69) is 16.4 Å². The minimum Gasteiger partial charge on any atom is -0.452 e. The van der Waals surface area contributed by atoms with Gasteiger partial charge in [-0.15, -0.1) is 0 Å². The number of hydrogen-bond acceptors (Lipinski definition) is 6. The van der Waals surface area contributed by atoms with E-state index in [4.69, 9.17) is 16.3 Å². The number of esters is 1. The van der Waals surface area contributed by atoms with Crippen LogP contribution in [0.15, 0.2) is 52.5 Å². The second kappa shape index (κ2) is 9.09. The molecule has 0 spiro atoms. The fraction of sp³-hybridized carbons (Fsp3) is 0.300. The Morgan fingerprint density at radius 1 is 1.25 bits per heavy atom. The molecule has 6 nitrogen and oxygen atoms in total. The zero-order valence-corrected chi connectivity index (χ0v) is 16.6. The normalized spacial score (nSPS) is 14.9. The first-order valence-electron chi connectivity index (χ1n) is 8.80. The summed E-state index contributed by atoms with van der Waals surface area (Å²) >= 11 is 7.42. The quantitative estimate of drug-likeness (QED) is 0.717. The van der Waals surface area contributed by atoms with Crippen molar-refractivity contribution in [1.82, 2.24) is 10.3 Å². The maximum atomic E-state index is 12.5. The van der Waals surface area contributed by atoms with E-state index in [-0.39, 0.29) is 5.56 Å². The van der Waals surface area contributed by atoms with E-state index >= 15 is 0 Å². The molecule has 1 aliphatic carbocycles. The highest BCUT2D eigenvalue weighted by Crippen LogP contribution is 2.34. The fourth-order valence-electron chi connectivity index (χ4n) is 3.01. The van der Waals surface area contributed by atoms with Crippen LogP contribution in [0.1, 0.15) is 36.0 Å². The first kappa shape index (κ1) is 20.2. The summed E-state index contributed by atoms with van der Waals surface area (Å²) in [6.07, 6.45) is 4.59. The Bertz CT molecular complexity index is 923. The lowest BCUT2D eigenvalue weighted by atomic mass is 10.00. The summed E-state index contributed by atoms with van der Waals surface area (Å²) in [7, 11) is 0. The van der Waals surface area contributed by atoms with Crippen LogP contribution in [0.3, 0.4) is 0 Å². The molecular weight excluding hydrogens is 398 g/mol. The van der Waals surface area contributed by atoms with E-state index < -0.39 is 24.0 Å². The van der Waals surface area contributed by atoms with Gasteiger partial charge in [0.05, 0.1) is 16.7 Å². The zero-order valence-electron chi connectivity index (χ0n) is 15.0. The number of nitriles is 1. The molecule has 3 rings (SSSR count). The van der Waals surface area contributed by atoms with E-state index in [0.29, 0.717) is 22.9 Å². The Morgan fingerprint density at radius 2 is 2.00 bits per heavy atom. The number of nitrogens with zero attached hydrogens (tertiary/aromatic N) is 2. The SMILES string of the molecule is N#CC1(NC(=O)COC(=O)c2cccnc2Sc2ccccc2Cl)CCCC1. The smallest absolute Gasteiger partial charge is 0.341 e. The summed E-state index contributed by atoms with van der Waals surface area (Å²) in [4.78, 5) is 29.6. The molecule has 0 aliphatic heterocycles. The molecule has 0 saturated heterocycles. The number of hydrogen-bond donors (Lipinski definition) is 1. The Balaban J connectivity index is 1.64. The predicted molar refractivity (Wildman–Crippen MR) is 105 cm³/mol. The molecule has 0 bridgehead atoms. The van der Waals surface area contributed by atoms with Gasteiger partial charge < -0.3 is 10.1 Å².